The van der Waals surface area contributed by atoms with Gasteiger partial charge in [0.05, 0.1) is 11.1 Å². The second-order valence-electron chi connectivity index (χ2n) is 5.08. The van der Waals surface area contributed by atoms with Crippen molar-refractivity contribution in [3.8, 4) is 0 Å². The van der Waals surface area contributed by atoms with E-state index in [4.69, 9.17) is 11.5 Å². The lowest BCUT2D eigenvalue weighted by Gasteiger charge is -2.25. The van der Waals surface area contributed by atoms with Crippen LogP contribution in [0.5, 0.6) is 0 Å². The van der Waals surface area contributed by atoms with Crippen molar-refractivity contribution in [1.82, 2.24) is 13.3 Å². The number of fused-ring (bicyclic) bond motifs is 1. The number of hydrogen-bond donors (Lipinski definition) is 2. The highest BCUT2D eigenvalue weighted by Gasteiger charge is 2.30. The number of amides is 1. The van der Waals surface area contributed by atoms with Crippen LogP contribution < -0.4 is 11.5 Å². The van der Waals surface area contributed by atoms with Gasteiger partial charge in [-0.2, -0.15) is 16.7 Å². The van der Waals surface area contributed by atoms with Crippen molar-refractivity contribution in [3.63, 3.8) is 0 Å². The number of nitrogens with zero attached hydrogens (tertiary/aromatic N) is 3. The van der Waals surface area contributed by atoms with Crippen molar-refractivity contribution in [2.75, 3.05) is 12.3 Å². The SMILES string of the molecule is CCN(C(C)C)S(=O)(=O)n1c(N)nc2c(C(N)=O)cccc21. The van der Waals surface area contributed by atoms with Crippen molar-refractivity contribution in [2.45, 2.75) is 26.8 Å². The molecule has 0 saturated carbocycles. The van der Waals surface area contributed by atoms with E-state index in [1.54, 1.807) is 26.8 Å². The van der Waals surface area contributed by atoms with Crippen LogP contribution >= 0.6 is 0 Å². The van der Waals surface area contributed by atoms with E-state index in [0.717, 1.165) is 3.97 Å². The fourth-order valence-electron chi connectivity index (χ4n) is 2.44. The van der Waals surface area contributed by atoms with E-state index < -0.39 is 16.1 Å². The first-order valence-electron chi connectivity index (χ1n) is 6.80. The Bertz CT molecular complexity index is 826. The molecule has 8 nitrogen and oxygen atoms in total. The van der Waals surface area contributed by atoms with E-state index in [9.17, 15) is 13.2 Å². The fourth-order valence-corrected chi connectivity index (χ4v) is 4.18. The second kappa shape index (κ2) is 5.58. The zero-order chi connectivity index (χ0) is 16.7. The Morgan fingerprint density at radius 3 is 2.55 bits per heavy atom. The molecular weight excluding hydrogens is 306 g/mol. The van der Waals surface area contributed by atoms with Gasteiger partial charge in [0.25, 0.3) is 5.91 Å². The Hall–Kier alpha value is -2.13. The zero-order valence-electron chi connectivity index (χ0n) is 12.6. The summed E-state index contributed by atoms with van der Waals surface area (Å²) in [5.41, 5.74) is 11.6. The zero-order valence-corrected chi connectivity index (χ0v) is 13.5. The Labute approximate surface area is 128 Å². The van der Waals surface area contributed by atoms with Gasteiger partial charge in [-0.15, -0.1) is 0 Å². The molecule has 0 atom stereocenters. The highest BCUT2D eigenvalue weighted by Crippen LogP contribution is 2.25. The number of primary amides is 1. The number of benzene rings is 1. The molecule has 0 aliphatic heterocycles. The lowest BCUT2D eigenvalue weighted by Crippen LogP contribution is -2.40. The molecule has 2 rings (SSSR count). The summed E-state index contributed by atoms with van der Waals surface area (Å²) >= 11 is 0. The van der Waals surface area contributed by atoms with Crippen LogP contribution in [0.1, 0.15) is 31.1 Å². The van der Waals surface area contributed by atoms with Gasteiger partial charge in [0.15, 0.2) is 0 Å². The number of carbonyl (C=O) groups is 1. The maximum absolute atomic E-state index is 12.8. The van der Waals surface area contributed by atoms with E-state index in [0.29, 0.717) is 0 Å². The normalized spacial score (nSPS) is 12.4. The third-order valence-corrected chi connectivity index (χ3v) is 5.47. The summed E-state index contributed by atoms with van der Waals surface area (Å²) in [7, 11) is -3.90. The van der Waals surface area contributed by atoms with Gasteiger partial charge in [0, 0.05) is 12.6 Å². The van der Waals surface area contributed by atoms with Gasteiger partial charge in [0.2, 0.25) is 5.95 Å². The third-order valence-electron chi connectivity index (χ3n) is 3.35. The van der Waals surface area contributed by atoms with E-state index in [1.807, 2.05) is 0 Å². The van der Waals surface area contributed by atoms with Crippen molar-refractivity contribution in [2.24, 2.45) is 5.73 Å². The number of nitrogens with two attached hydrogens (primary N) is 2. The lowest BCUT2D eigenvalue weighted by molar-refractivity contribution is 0.100. The summed E-state index contributed by atoms with van der Waals surface area (Å²) in [5, 5.41) is 0. The Morgan fingerprint density at radius 1 is 1.41 bits per heavy atom. The quantitative estimate of drug-likeness (QED) is 0.830. The average Bonchev–Trinajstić information content (AvgIpc) is 2.74. The van der Waals surface area contributed by atoms with Crippen LogP contribution in [0, 0.1) is 0 Å². The molecule has 0 spiro atoms. The topological polar surface area (TPSA) is 124 Å². The highest BCUT2D eigenvalue weighted by atomic mass is 32.2. The van der Waals surface area contributed by atoms with Crippen LogP contribution in [-0.4, -0.2) is 40.2 Å². The van der Waals surface area contributed by atoms with Crippen molar-refractivity contribution in [3.05, 3.63) is 23.8 Å². The predicted molar refractivity (Wildman–Crippen MR) is 84.5 cm³/mol. The molecule has 0 saturated heterocycles. The molecule has 120 valence electrons. The molecule has 1 aromatic carbocycles. The van der Waals surface area contributed by atoms with Gasteiger partial charge in [-0.3, -0.25) is 4.79 Å². The standard InChI is InChI=1S/C13H19N5O3S/c1-4-17(8(2)3)22(20,21)18-10-7-5-6-9(12(14)19)11(10)16-13(18)15/h5-8H,4H2,1-3H3,(H2,14,19)(H2,15,16). The van der Waals surface area contributed by atoms with Crippen LogP contribution in [0.4, 0.5) is 5.95 Å². The van der Waals surface area contributed by atoms with Crippen molar-refractivity contribution in [1.29, 1.82) is 0 Å². The summed E-state index contributed by atoms with van der Waals surface area (Å²) in [6.45, 7) is 5.56. The summed E-state index contributed by atoms with van der Waals surface area (Å²) in [6, 6.07) is 4.32. The number of hydrogen-bond acceptors (Lipinski definition) is 5. The Morgan fingerprint density at radius 2 is 2.05 bits per heavy atom. The molecule has 1 amide bonds. The predicted octanol–water partition coefficient (Wildman–Crippen LogP) is 0.541. The number of anilines is 1. The number of para-hydroxylation sites is 1. The number of carbonyl (C=O) groups excluding carboxylic acids is 1. The smallest absolute Gasteiger partial charge is 0.311 e. The molecule has 1 heterocycles. The molecular formula is C13H19N5O3S. The summed E-state index contributed by atoms with van der Waals surface area (Å²) in [6.07, 6.45) is 0. The van der Waals surface area contributed by atoms with Gasteiger partial charge in [-0.05, 0) is 26.0 Å². The van der Waals surface area contributed by atoms with Gasteiger partial charge < -0.3 is 11.5 Å². The van der Waals surface area contributed by atoms with Crippen LogP contribution in [0.15, 0.2) is 18.2 Å². The maximum atomic E-state index is 12.8. The van der Waals surface area contributed by atoms with E-state index in [2.05, 4.69) is 4.98 Å². The number of aromatic nitrogens is 2. The minimum Gasteiger partial charge on any atom is -0.368 e. The minimum absolute atomic E-state index is 0.130. The van der Waals surface area contributed by atoms with Crippen LogP contribution in [0.2, 0.25) is 0 Å². The molecule has 0 radical (unpaired) electrons. The van der Waals surface area contributed by atoms with Gasteiger partial charge >= 0.3 is 10.2 Å². The molecule has 0 fully saturated rings. The molecule has 9 heteroatoms. The highest BCUT2D eigenvalue weighted by molar-refractivity contribution is 7.87. The van der Waals surface area contributed by atoms with Crippen LogP contribution in [-0.2, 0) is 10.2 Å². The molecule has 22 heavy (non-hydrogen) atoms. The Kier molecular flexibility index (Phi) is 4.12. The Balaban J connectivity index is 2.79. The van der Waals surface area contributed by atoms with Gasteiger partial charge in [-0.1, -0.05) is 13.0 Å². The van der Waals surface area contributed by atoms with Gasteiger partial charge in [0.1, 0.15) is 5.52 Å². The molecule has 0 unspecified atom stereocenters. The number of imidazole rings is 1. The van der Waals surface area contributed by atoms with Gasteiger partial charge in [-0.25, -0.2) is 4.98 Å². The largest absolute Gasteiger partial charge is 0.368 e. The second-order valence-corrected chi connectivity index (χ2v) is 6.81. The first-order chi connectivity index (χ1) is 10.2. The fraction of sp³-hybridized carbons (Fsp3) is 0.385. The summed E-state index contributed by atoms with van der Waals surface area (Å²) in [4.78, 5) is 15.5. The molecule has 0 aliphatic rings. The first kappa shape index (κ1) is 16.2. The first-order valence-corrected chi connectivity index (χ1v) is 8.20. The van der Waals surface area contributed by atoms with Crippen molar-refractivity contribution < 1.29 is 13.2 Å². The molecule has 1 aromatic heterocycles. The van der Waals surface area contributed by atoms with E-state index >= 15 is 0 Å². The third kappa shape index (κ3) is 2.42. The summed E-state index contributed by atoms with van der Waals surface area (Å²) < 4.78 is 27.9. The van der Waals surface area contributed by atoms with E-state index in [-0.39, 0.29) is 35.1 Å². The summed E-state index contributed by atoms with van der Waals surface area (Å²) in [5.74, 6) is -0.897. The maximum Gasteiger partial charge on any atom is 0.311 e. The monoisotopic (exact) mass is 325 g/mol. The minimum atomic E-state index is -3.90. The number of nitrogen functional groups attached to an aromatic ring is 1. The number of rotatable bonds is 5. The van der Waals surface area contributed by atoms with Crippen LogP contribution in [0.3, 0.4) is 0 Å². The lowest BCUT2D eigenvalue weighted by atomic mass is 10.2. The molecule has 2 aromatic rings. The van der Waals surface area contributed by atoms with Crippen LogP contribution in [0.25, 0.3) is 11.0 Å². The average molecular weight is 325 g/mol. The molecule has 0 bridgehead atoms. The molecule has 0 aliphatic carbocycles. The molecule has 4 N–H and O–H groups in total. The van der Waals surface area contributed by atoms with E-state index in [1.165, 1.54) is 16.4 Å². The van der Waals surface area contributed by atoms with Crippen molar-refractivity contribution >= 4 is 33.1 Å².